The van der Waals surface area contributed by atoms with Gasteiger partial charge in [0.05, 0.1) is 31.0 Å². The van der Waals surface area contributed by atoms with Crippen molar-refractivity contribution in [2.75, 3.05) is 19.0 Å². The number of amides is 2. The van der Waals surface area contributed by atoms with Crippen LogP contribution in [0.4, 0.5) is 18.9 Å². The maximum absolute atomic E-state index is 13.6. The predicted molar refractivity (Wildman–Crippen MR) is 112 cm³/mol. The molecule has 0 fully saturated rings. The van der Waals surface area contributed by atoms with Crippen LogP contribution >= 0.6 is 0 Å². The Morgan fingerprint density at radius 1 is 0.970 bits per heavy atom. The Kier molecular flexibility index (Phi) is 8.66. The third-order valence-corrected chi connectivity index (χ3v) is 4.15. The monoisotopic (exact) mass is 468 g/mol. The average Bonchev–Trinajstić information content (AvgIpc) is 2.77. The number of carbonyl (C=O) groups is 3. The van der Waals surface area contributed by atoms with Crippen molar-refractivity contribution in [3.8, 4) is 11.5 Å². The van der Waals surface area contributed by atoms with Crippen molar-refractivity contribution < 1.29 is 41.8 Å². The molecule has 2 aromatic carbocycles. The second-order valence-corrected chi connectivity index (χ2v) is 7.07. The van der Waals surface area contributed by atoms with Crippen LogP contribution in [0.5, 0.6) is 11.5 Å². The molecule has 2 amide bonds. The molecule has 0 aliphatic heterocycles. The second kappa shape index (κ2) is 11.2. The molecule has 8 nitrogen and oxygen atoms in total. The quantitative estimate of drug-likeness (QED) is 0.433. The van der Waals surface area contributed by atoms with E-state index < -0.39 is 53.6 Å². The molecule has 0 aromatic heterocycles. The van der Waals surface area contributed by atoms with Crippen LogP contribution in [-0.2, 0) is 14.3 Å². The zero-order valence-corrected chi connectivity index (χ0v) is 18.3. The molecule has 0 spiro atoms. The summed E-state index contributed by atoms with van der Waals surface area (Å²) in [6.07, 6.45) is -1.39. The van der Waals surface area contributed by atoms with Crippen molar-refractivity contribution >= 4 is 23.5 Å². The van der Waals surface area contributed by atoms with Gasteiger partial charge in [-0.2, -0.15) is 0 Å². The summed E-state index contributed by atoms with van der Waals surface area (Å²) in [6, 6.07) is 5.85. The van der Waals surface area contributed by atoms with E-state index in [0.29, 0.717) is 17.6 Å². The van der Waals surface area contributed by atoms with Crippen LogP contribution in [0.1, 0.15) is 31.1 Å². The first kappa shape index (κ1) is 25.5. The van der Waals surface area contributed by atoms with Crippen molar-refractivity contribution in [2.45, 2.75) is 33.0 Å². The number of hydrogen-bond acceptors (Lipinski definition) is 6. The number of benzene rings is 2. The highest BCUT2D eigenvalue weighted by Crippen LogP contribution is 2.29. The number of esters is 1. The van der Waals surface area contributed by atoms with Crippen molar-refractivity contribution in [1.29, 1.82) is 0 Å². The van der Waals surface area contributed by atoms with Crippen molar-refractivity contribution in [3.05, 3.63) is 53.3 Å². The summed E-state index contributed by atoms with van der Waals surface area (Å²) in [5, 5.41) is 4.20. The maximum atomic E-state index is 13.6. The largest absolute Gasteiger partial charge is 0.493 e. The van der Waals surface area contributed by atoms with Gasteiger partial charge in [-0.15, -0.1) is 0 Å². The fourth-order valence-corrected chi connectivity index (χ4v) is 2.56. The van der Waals surface area contributed by atoms with E-state index in [-0.39, 0.29) is 11.7 Å². The molecule has 0 saturated heterocycles. The molecule has 0 heterocycles. The molecule has 0 aliphatic rings. The van der Waals surface area contributed by atoms with Crippen molar-refractivity contribution in [1.82, 2.24) is 5.32 Å². The molecule has 178 valence electrons. The summed E-state index contributed by atoms with van der Waals surface area (Å²) in [4.78, 5) is 36.4. The number of carbonyl (C=O) groups excluding carboxylic acids is 3. The van der Waals surface area contributed by atoms with E-state index in [4.69, 9.17) is 14.2 Å². The Morgan fingerprint density at radius 2 is 1.67 bits per heavy atom. The van der Waals surface area contributed by atoms with E-state index >= 15 is 0 Å². The summed E-state index contributed by atoms with van der Waals surface area (Å²) in [7, 11) is 1.41. The molecular formula is C22H23F3N2O6. The minimum Gasteiger partial charge on any atom is -0.493 e. The second-order valence-electron chi connectivity index (χ2n) is 7.07. The molecule has 2 N–H and O–H groups in total. The summed E-state index contributed by atoms with van der Waals surface area (Å²) in [5.74, 6) is -6.52. The first-order valence-electron chi connectivity index (χ1n) is 9.80. The molecule has 2 aromatic rings. The molecule has 0 bridgehead atoms. The summed E-state index contributed by atoms with van der Waals surface area (Å²) >= 11 is 0. The molecule has 0 saturated carbocycles. The Labute approximate surface area is 188 Å². The smallest absolute Gasteiger partial charge is 0.339 e. The third kappa shape index (κ3) is 6.86. The number of anilines is 1. The molecule has 11 heteroatoms. The van der Waals surface area contributed by atoms with Crippen LogP contribution in [0, 0.1) is 17.5 Å². The lowest BCUT2D eigenvalue weighted by molar-refractivity contribution is -0.130. The minimum atomic E-state index is -1.74. The minimum absolute atomic E-state index is 0.106. The van der Waals surface area contributed by atoms with Crippen LogP contribution in [0.25, 0.3) is 0 Å². The Hall–Kier alpha value is -3.76. The molecule has 2 rings (SSSR count). The molecule has 1 atom stereocenters. The van der Waals surface area contributed by atoms with Gasteiger partial charge >= 0.3 is 5.97 Å². The third-order valence-electron chi connectivity index (χ3n) is 4.15. The van der Waals surface area contributed by atoms with Crippen molar-refractivity contribution in [3.63, 3.8) is 0 Å². The van der Waals surface area contributed by atoms with E-state index in [0.717, 1.165) is 6.07 Å². The fourth-order valence-electron chi connectivity index (χ4n) is 2.56. The van der Waals surface area contributed by atoms with Gasteiger partial charge in [-0.1, -0.05) is 0 Å². The first-order chi connectivity index (χ1) is 15.5. The number of ether oxygens (including phenoxy) is 3. The normalized spacial score (nSPS) is 11.5. The lowest BCUT2D eigenvalue weighted by Crippen LogP contribution is -2.40. The van der Waals surface area contributed by atoms with E-state index in [1.54, 1.807) is 0 Å². The van der Waals surface area contributed by atoms with Crippen molar-refractivity contribution in [2.24, 2.45) is 0 Å². The lowest BCUT2D eigenvalue weighted by Gasteiger charge is -2.16. The van der Waals surface area contributed by atoms with Gasteiger partial charge in [-0.3, -0.25) is 9.59 Å². The molecule has 0 aliphatic carbocycles. The van der Waals surface area contributed by atoms with E-state index in [1.165, 1.54) is 32.2 Å². The van der Waals surface area contributed by atoms with Gasteiger partial charge < -0.3 is 24.8 Å². The van der Waals surface area contributed by atoms with Gasteiger partial charge in [0.1, 0.15) is 0 Å². The summed E-state index contributed by atoms with van der Waals surface area (Å²) in [6.45, 7) is 4.31. The van der Waals surface area contributed by atoms with Gasteiger partial charge in [-0.05, 0) is 51.1 Å². The topological polar surface area (TPSA) is 103 Å². The van der Waals surface area contributed by atoms with Gasteiger partial charge in [0, 0.05) is 0 Å². The lowest BCUT2D eigenvalue weighted by atomic mass is 10.2. The van der Waals surface area contributed by atoms with Crippen LogP contribution in [0.2, 0.25) is 0 Å². The van der Waals surface area contributed by atoms with Crippen LogP contribution < -0.4 is 20.1 Å². The molecule has 33 heavy (non-hydrogen) atoms. The standard InChI is InChI=1S/C22H23F3N2O6/c1-11(2)32-16-8-5-13(9-17(16)31-4)22(30)33-12(3)21(29)26-10-18(28)27-15-7-6-14(23)19(24)20(15)25/h5-9,11-12H,10H2,1-4H3,(H,26,29)(H,27,28). The zero-order valence-electron chi connectivity index (χ0n) is 18.3. The predicted octanol–water partition coefficient (Wildman–Crippen LogP) is 3.20. The number of nitrogens with one attached hydrogen (secondary N) is 2. The fraction of sp³-hybridized carbons (Fsp3) is 0.318. The molecule has 0 radical (unpaired) electrons. The Balaban J connectivity index is 1.91. The number of hydrogen-bond donors (Lipinski definition) is 2. The van der Waals surface area contributed by atoms with Crippen LogP contribution in [0.3, 0.4) is 0 Å². The Bertz CT molecular complexity index is 1050. The van der Waals surface area contributed by atoms with Gasteiger partial charge in [0.2, 0.25) is 5.91 Å². The highest BCUT2D eigenvalue weighted by molar-refractivity contribution is 5.96. The summed E-state index contributed by atoms with van der Waals surface area (Å²) in [5.41, 5.74) is -0.486. The number of rotatable bonds is 9. The van der Waals surface area contributed by atoms with E-state index in [9.17, 15) is 27.6 Å². The molecular weight excluding hydrogens is 445 g/mol. The van der Waals surface area contributed by atoms with E-state index in [2.05, 4.69) is 5.32 Å². The van der Waals surface area contributed by atoms with Gasteiger partial charge in [0.15, 0.2) is 35.1 Å². The molecule has 1 unspecified atom stereocenters. The summed E-state index contributed by atoms with van der Waals surface area (Å²) < 4.78 is 55.6. The number of methoxy groups -OCH3 is 1. The van der Waals surface area contributed by atoms with Crippen LogP contribution in [0.15, 0.2) is 30.3 Å². The average molecular weight is 468 g/mol. The highest BCUT2D eigenvalue weighted by Gasteiger charge is 2.21. The Morgan fingerprint density at radius 3 is 2.30 bits per heavy atom. The number of halogens is 3. The highest BCUT2D eigenvalue weighted by atomic mass is 19.2. The maximum Gasteiger partial charge on any atom is 0.339 e. The van der Waals surface area contributed by atoms with E-state index in [1.807, 2.05) is 19.2 Å². The van der Waals surface area contributed by atoms with Crippen LogP contribution in [-0.4, -0.2) is 43.6 Å². The van der Waals surface area contributed by atoms with Gasteiger partial charge in [0.25, 0.3) is 5.91 Å². The van der Waals surface area contributed by atoms with Gasteiger partial charge in [-0.25, -0.2) is 18.0 Å². The first-order valence-corrected chi connectivity index (χ1v) is 9.80. The SMILES string of the molecule is COc1cc(C(=O)OC(C)C(=O)NCC(=O)Nc2ccc(F)c(F)c2F)ccc1OC(C)C. The zero-order chi connectivity index (χ0) is 24.7.